The Morgan fingerprint density at radius 2 is 1.09 bits per heavy atom. The summed E-state index contributed by atoms with van der Waals surface area (Å²) in [6, 6.07) is 6.57. The van der Waals surface area contributed by atoms with Gasteiger partial charge in [0.2, 0.25) is 0 Å². The zero-order chi connectivity index (χ0) is 40.0. The molecule has 0 atom stereocenters. The van der Waals surface area contributed by atoms with Crippen LogP contribution in [0.2, 0.25) is 0 Å². The number of nitrogens with zero attached hydrogens (tertiary/aromatic N) is 2. The first-order valence-electron chi connectivity index (χ1n) is 24.3. The highest BCUT2D eigenvalue weighted by molar-refractivity contribution is 5.69. The van der Waals surface area contributed by atoms with E-state index >= 15 is 0 Å². The molecule has 0 bridgehead atoms. The number of β-amino-alcohol motifs (C(OH)–C–C–N with tert-alkyl or cyclic N) is 1. The first-order chi connectivity index (χ1) is 27.7. The van der Waals surface area contributed by atoms with Crippen molar-refractivity contribution in [1.82, 2.24) is 9.80 Å². The fourth-order valence-electron chi connectivity index (χ4n) is 7.94. The molecule has 1 aromatic rings. The van der Waals surface area contributed by atoms with Crippen LogP contribution in [-0.2, 0) is 22.6 Å². The summed E-state index contributed by atoms with van der Waals surface area (Å²) in [5, 5.41) is 9.18. The fraction of sp³-hybridized carbons (Fsp3) is 0.820. The Balaban J connectivity index is 1.67. The molecule has 2 rings (SSSR count). The number of carbonyl (C=O) groups excluding carboxylic acids is 1. The highest BCUT2D eigenvalue weighted by atomic mass is 16.5. The number of piperazine rings is 1. The van der Waals surface area contributed by atoms with Crippen molar-refractivity contribution in [3.05, 3.63) is 41.5 Å². The van der Waals surface area contributed by atoms with Gasteiger partial charge in [-0.3, -0.25) is 9.69 Å². The van der Waals surface area contributed by atoms with Gasteiger partial charge in [-0.2, -0.15) is 0 Å². The number of benzene rings is 1. The zero-order valence-corrected chi connectivity index (χ0v) is 37.0. The molecule has 0 radical (unpaired) electrons. The Hall–Kier alpha value is -1.89. The first-order valence-corrected chi connectivity index (χ1v) is 24.3. The Kier molecular flexibility index (Phi) is 33.5. The summed E-state index contributed by atoms with van der Waals surface area (Å²) in [5.74, 6) is 0.776. The van der Waals surface area contributed by atoms with Crippen LogP contribution in [0.5, 0.6) is 5.75 Å². The third-order valence-corrected chi connectivity index (χ3v) is 11.7. The lowest BCUT2D eigenvalue weighted by atomic mass is 10.0. The molecule has 1 N–H and O–H groups in total. The SMILES string of the molecule is CCCCCCCC/C=C\CCCCCCCCOc1cc(CCCCCCCCCCCCCCC)ccc1COC(=O)CCCN1CCN(CCO)CC1. The Morgan fingerprint density at radius 1 is 0.607 bits per heavy atom. The van der Waals surface area contributed by atoms with Gasteiger partial charge in [-0.1, -0.05) is 173 Å². The number of carbonyl (C=O) groups is 1. The fourth-order valence-corrected chi connectivity index (χ4v) is 7.94. The quantitative estimate of drug-likeness (QED) is 0.0408. The summed E-state index contributed by atoms with van der Waals surface area (Å²) in [6.07, 6.45) is 43.2. The zero-order valence-electron chi connectivity index (χ0n) is 37.0. The molecule has 1 heterocycles. The predicted octanol–water partition coefficient (Wildman–Crippen LogP) is 13.2. The van der Waals surface area contributed by atoms with Crippen LogP contribution in [-0.4, -0.2) is 73.4 Å². The van der Waals surface area contributed by atoms with Crippen LogP contribution in [0.4, 0.5) is 0 Å². The van der Waals surface area contributed by atoms with Crippen molar-refractivity contribution in [1.29, 1.82) is 0 Å². The second-order valence-electron chi connectivity index (χ2n) is 16.9. The molecule has 324 valence electrons. The van der Waals surface area contributed by atoms with E-state index < -0.39 is 0 Å². The normalized spacial score (nSPS) is 13.9. The van der Waals surface area contributed by atoms with E-state index in [0.717, 1.165) is 76.5 Å². The third kappa shape index (κ3) is 28.5. The number of hydrogen-bond donors (Lipinski definition) is 1. The van der Waals surface area contributed by atoms with E-state index in [-0.39, 0.29) is 19.2 Å². The largest absolute Gasteiger partial charge is 0.493 e. The summed E-state index contributed by atoms with van der Waals surface area (Å²) in [4.78, 5) is 17.4. The lowest BCUT2D eigenvalue weighted by Crippen LogP contribution is -2.47. The molecule has 1 fully saturated rings. The molecule has 0 aliphatic carbocycles. The molecule has 1 saturated heterocycles. The van der Waals surface area contributed by atoms with Crippen LogP contribution in [0.25, 0.3) is 0 Å². The van der Waals surface area contributed by atoms with E-state index in [2.05, 4.69) is 54.0 Å². The van der Waals surface area contributed by atoms with Crippen molar-refractivity contribution in [3.8, 4) is 5.75 Å². The molecule has 1 aliphatic rings. The minimum absolute atomic E-state index is 0.126. The molecule has 0 amide bonds. The van der Waals surface area contributed by atoms with Gasteiger partial charge in [0.15, 0.2) is 0 Å². The van der Waals surface area contributed by atoms with Crippen LogP contribution in [0, 0.1) is 0 Å². The lowest BCUT2D eigenvalue weighted by Gasteiger charge is -2.34. The summed E-state index contributed by atoms with van der Waals surface area (Å²) < 4.78 is 12.2. The van der Waals surface area contributed by atoms with Crippen LogP contribution >= 0.6 is 0 Å². The number of hydrogen-bond acceptors (Lipinski definition) is 6. The Morgan fingerprint density at radius 3 is 1.62 bits per heavy atom. The topological polar surface area (TPSA) is 62.2 Å². The summed E-state index contributed by atoms with van der Waals surface area (Å²) >= 11 is 0. The second kappa shape index (κ2) is 37.4. The van der Waals surface area contributed by atoms with Gasteiger partial charge in [-0.15, -0.1) is 0 Å². The van der Waals surface area contributed by atoms with Gasteiger partial charge in [0, 0.05) is 44.7 Å². The molecule has 0 aromatic heterocycles. The van der Waals surface area contributed by atoms with E-state index in [1.807, 2.05) is 0 Å². The van der Waals surface area contributed by atoms with Gasteiger partial charge in [-0.05, 0) is 69.5 Å². The number of ether oxygens (including phenoxy) is 2. The minimum atomic E-state index is -0.126. The molecule has 56 heavy (non-hydrogen) atoms. The molecule has 0 unspecified atom stereocenters. The number of unbranched alkanes of at least 4 members (excludes halogenated alkanes) is 24. The van der Waals surface area contributed by atoms with Gasteiger partial charge < -0.3 is 19.5 Å². The van der Waals surface area contributed by atoms with Gasteiger partial charge in [0.25, 0.3) is 0 Å². The standard InChI is InChI=1S/C50H90N2O4/c1-3-5-7-9-11-13-15-17-18-19-21-23-25-27-29-31-44-55-49-45-47(33-30-28-26-24-22-20-16-14-12-10-8-6-4-2)35-36-48(49)46-56-50(54)34-32-37-51-38-40-52(41-39-51)42-43-53/h17-18,35-36,45,53H,3-16,19-34,37-44,46H2,1-2H3/b18-17-. The monoisotopic (exact) mass is 783 g/mol. The lowest BCUT2D eigenvalue weighted by molar-refractivity contribution is -0.145. The van der Waals surface area contributed by atoms with E-state index in [4.69, 9.17) is 9.47 Å². The van der Waals surface area contributed by atoms with Crippen molar-refractivity contribution in [2.24, 2.45) is 0 Å². The molecular formula is C50H90N2O4. The van der Waals surface area contributed by atoms with Crippen molar-refractivity contribution in [2.45, 2.75) is 213 Å². The first kappa shape index (κ1) is 50.3. The van der Waals surface area contributed by atoms with E-state index in [9.17, 15) is 9.90 Å². The third-order valence-electron chi connectivity index (χ3n) is 11.7. The Labute approximate surface area is 346 Å². The highest BCUT2D eigenvalue weighted by Gasteiger charge is 2.17. The second-order valence-corrected chi connectivity index (χ2v) is 16.9. The summed E-state index contributed by atoms with van der Waals surface area (Å²) in [7, 11) is 0. The number of esters is 1. The van der Waals surface area contributed by atoms with Gasteiger partial charge in [-0.25, -0.2) is 0 Å². The number of aliphatic hydroxyl groups excluding tert-OH is 1. The van der Waals surface area contributed by atoms with Crippen molar-refractivity contribution in [3.63, 3.8) is 0 Å². The Bertz CT molecular complexity index is 1050. The van der Waals surface area contributed by atoms with Crippen LogP contribution in [0.15, 0.2) is 30.4 Å². The average Bonchev–Trinajstić information content (AvgIpc) is 3.21. The van der Waals surface area contributed by atoms with E-state index in [1.54, 1.807) is 0 Å². The smallest absolute Gasteiger partial charge is 0.306 e. The predicted molar refractivity (Wildman–Crippen MR) is 240 cm³/mol. The highest BCUT2D eigenvalue weighted by Crippen LogP contribution is 2.24. The van der Waals surface area contributed by atoms with E-state index in [0.29, 0.717) is 6.42 Å². The van der Waals surface area contributed by atoms with Crippen molar-refractivity contribution in [2.75, 3.05) is 52.5 Å². The van der Waals surface area contributed by atoms with Crippen LogP contribution < -0.4 is 4.74 Å². The number of aryl methyl sites for hydroxylation is 1. The minimum Gasteiger partial charge on any atom is -0.493 e. The van der Waals surface area contributed by atoms with Crippen molar-refractivity contribution < 1.29 is 19.4 Å². The molecular weight excluding hydrogens is 693 g/mol. The van der Waals surface area contributed by atoms with E-state index in [1.165, 1.54) is 173 Å². The number of rotatable bonds is 39. The number of aliphatic hydroxyl groups is 1. The maximum absolute atomic E-state index is 12.7. The molecule has 1 aromatic carbocycles. The van der Waals surface area contributed by atoms with Crippen LogP contribution in [0.3, 0.4) is 0 Å². The number of allylic oxidation sites excluding steroid dienone is 2. The average molecular weight is 783 g/mol. The van der Waals surface area contributed by atoms with Crippen LogP contribution in [0.1, 0.15) is 211 Å². The summed E-state index contributed by atoms with van der Waals surface area (Å²) in [6.45, 7) is 11.4. The molecule has 0 spiro atoms. The molecule has 0 saturated carbocycles. The molecule has 6 heteroatoms. The van der Waals surface area contributed by atoms with Gasteiger partial charge in [0.05, 0.1) is 13.2 Å². The molecule has 6 nitrogen and oxygen atoms in total. The maximum atomic E-state index is 12.7. The van der Waals surface area contributed by atoms with Crippen molar-refractivity contribution >= 4 is 5.97 Å². The summed E-state index contributed by atoms with van der Waals surface area (Å²) in [5.41, 5.74) is 2.32. The molecule has 1 aliphatic heterocycles. The van der Waals surface area contributed by atoms with Gasteiger partial charge >= 0.3 is 5.97 Å². The van der Waals surface area contributed by atoms with Gasteiger partial charge in [0.1, 0.15) is 12.4 Å². The maximum Gasteiger partial charge on any atom is 0.306 e.